The van der Waals surface area contributed by atoms with Crippen molar-refractivity contribution in [1.29, 1.82) is 0 Å². The minimum Gasteiger partial charge on any atom is -0.481 e. The van der Waals surface area contributed by atoms with Crippen molar-refractivity contribution in [2.45, 2.75) is 24.7 Å². The van der Waals surface area contributed by atoms with Gasteiger partial charge in [0.05, 0.1) is 10.9 Å². The average molecular weight is 328 g/mol. The molecule has 1 aromatic carbocycles. The van der Waals surface area contributed by atoms with Gasteiger partial charge in [0.1, 0.15) is 0 Å². The number of thioether (sulfide) groups is 1. The zero-order valence-corrected chi connectivity index (χ0v) is 13.9. The van der Waals surface area contributed by atoms with Crippen LogP contribution in [0.3, 0.4) is 0 Å². The molecule has 0 amide bonds. The highest BCUT2D eigenvalue weighted by Gasteiger charge is 2.28. The van der Waals surface area contributed by atoms with Crippen molar-refractivity contribution >= 4 is 29.3 Å². The van der Waals surface area contributed by atoms with Gasteiger partial charge in [0.2, 0.25) is 0 Å². The van der Waals surface area contributed by atoms with Crippen LogP contribution in [0.5, 0.6) is 0 Å². The highest BCUT2D eigenvalue weighted by atomic mass is 35.5. The number of hydrogen-bond acceptors (Lipinski definition) is 3. The quantitative estimate of drug-likeness (QED) is 0.636. The standard InChI is InChI=1S/C16H22ClNO2S/c1-12-9-13(16(19)20)11-18(10-12)7-4-8-21-15-6-3-2-5-14(15)17/h2-3,5-6,12-13H,4,7-11H2,1H3,(H,19,20). The van der Waals surface area contributed by atoms with E-state index in [-0.39, 0.29) is 5.92 Å². The van der Waals surface area contributed by atoms with Crippen molar-refractivity contribution in [3.05, 3.63) is 29.3 Å². The Morgan fingerprint density at radius 1 is 1.43 bits per heavy atom. The van der Waals surface area contributed by atoms with E-state index < -0.39 is 5.97 Å². The highest BCUT2D eigenvalue weighted by Crippen LogP contribution is 2.27. The number of aliphatic carboxylic acids is 1. The maximum absolute atomic E-state index is 11.2. The molecule has 1 aliphatic rings. The van der Waals surface area contributed by atoms with Crippen LogP contribution in [0.2, 0.25) is 5.02 Å². The Balaban J connectivity index is 1.73. The molecule has 0 aliphatic carbocycles. The van der Waals surface area contributed by atoms with Crippen molar-refractivity contribution in [3.63, 3.8) is 0 Å². The van der Waals surface area contributed by atoms with Gasteiger partial charge in [0.25, 0.3) is 0 Å². The molecule has 1 saturated heterocycles. The van der Waals surface area contributed by atoms with Gasteiger partial charge in [-0.05, 0) is 43.2 Å². The third kappa shape index (κ3) is 5.20. The van der Waals surface area contributed by atoms with Crippen molar-refractivity contribution < 1.29 is 9.90 Å². The number of hydrogen-bond donors (Lipinski definition) is 1. The number of piperidine rings is 1. The number of carboxylic acid groups (broad SMARTS) is 1. The number of nitrogens with zero attached hydrogens (tertiary/aromatic N) is 1. The molecule has 2 atom stereocenters. The van der Waals surface area contributed by atoms with Crippen LogP contribution < -0.4 is 0 Å². The monoisotopic (exact) mass is 327 g/mol. The molecule has 3 nitrogen and oxygen atoms in total. The lowest BCUT2D eigenvalue weighted by atomic mass is 9.90. The molecular formula is C16H22ClNO2S. The number of halogens is 1. The minimum atomic E-state index is -0.656. The molecular weight excluding hydrogens is 306 g/mol. The Hall–Kier alpha value is -0.710. The molecule has 2 unspecified atom stereocenters. The Morgan fingerprint density at radius 2 is 2.19 bits per heavy atom. The number of likely N-dealkylation sites (tertiary alicyclic amines) is 1. The van der Waals surface area contributed by atoms with E-state index in [9.17, 15) is 9.90 Å². The second-order valence-electron chi connectivity index (χ2n) is 5.77. The minimum absolute atomic E-state index is 0.204. The molecule has 116 valence electrons. The first-order valence-corrected chi connectivity index (χ1v) is 8.75. The van der Waals surface area contributed by atoms with Crippen molar-refractivity contribution in [2.24, 2.45) is 11.8 Å². The zero-order valence-electron chi connectivity index (χ0n) is 12.3. The van der Waals surface area contributed by atoms with E-state index in [2.05, 4.69) is 11.8 Å². The molecule has 1 fully saturated rings. The summed E-state index contributed by atoms with van der Waals surface area (Å²) in [5.41, 5.74) is 0. The van der Waals surface area contributed by atoms with E-state index in [1.807, 2.05) is 24.3 Å². The van der Waals surface area contributed by atoms with Crippen molar-refractivity contribution in [1.82, 2.24) is 4.90 Å². The molecule has 0 saturated carbocycles. The predicted octanol–water partition coefficient (Wildman–Crippen LogP) is 3.86. The van der Waals surface area contributed by atoms with Gasteiger partial charge in [-0.25, -0.2) is 0 Å². The smallest absolute Gasteiger partial charge is 0.307 e. The van der Waals surface area contributed by atoms with Gasteiger partial charge < -0.3 is 10.0 Å². The molecule has 0 radical (unpaired) electrons. The summed E-state index contributed by atoms with van der Waals surface area (Å²) in [4.78, 5) is 14.6. The second kappa shape index (κ2) is 8.06. The van der Waals surface area contributed by atoms with E-state index in [1.165, 1.54) is 0 Å². The maximum Gasteiger partial charge on any atom is 0.307 e. The first-order chi connectivity index (χ1) is 10.1. The van der Waals surface area contributed by atoms with Gasteiger partial charge in [0.15, 0.2) is 0 Å². The molecule has 1 heterocycles. The van der Waals surface area contributed by atoms with Crippen LogP contribution in [-0.2, 0) is 4.79 Å². The summed E-state index contributed by atoms with van der Waals surface area (Å²) in [6, 6.07) is 7.88. The normalized spacial score (nSPS) is 23.1. The van der Waals surface area contributed by atoms with E-state index in [1.54, 1.807) is 11.8 Å². The Morgan fingerprint density at radius 3 is 2.90 bits per heavy atom. The summed E-state index contributed by atoms with van der Waals surface area (Å²) in [5, 5.41) is 9.98. The molecule has 2 rings (SSSR count). The van der Waals surface area contributed by atoms with Crippen molar-refractivity contribution in [3.8, 4) is 0 Å². The fourth-order valence-corrected chi connectivity index (χ4v) is 4.03. The third-order valence-electron chi connectivity index (χ3n) is 3.80. The van der Waals surface area contributed by atoms with E-state index in [0.717, 1.165) is 41.6 Å². The number of benzene rings is 1. The highest BCUT2D eigenvalue weighted by molar-refractivity contribution is 7.99. The van der Waals surface area contributed by atoms with E-state index >= 15 is 0 Å². The van der Waals surface area contributed by atoms with E-state index in [0.29, 0.717) is 12.5 Å². The van der Waals surface area contributed by atoms with Crippen LogP contribution >= 0.6 is 23.4 Å². The number of carboxylic acids is 1. The summed E-state index contributed by atoms with van der Waals surface area (Å²) in [6.45, 7) is 4.81. The Bertz CT molecular complexity index is 483. The van der Waals surface area contributed by atoms with Gasteiger partial charge in [0, 0.05) is 18.0 Å². The summed E-state index contributed by atoms with van der Waals surface area (Å²) in [5.74, 6) is 0.616. The Kier molecular flexibility index (Phi) is 6.40. The van der Waals surface area contributed by atoms with Gasteiger partial charge in [-0.2, -0.15) is 0 Å². The first-order valence-electron chi connectivity index (χ1n) is 7.38. The summed E-state index contributed by atoms with van der Waals surface area (Å²) >= 11 is 7.90. The van der Waals surface area contributed by atoms with Crippen LogP contribution in [0, 0.1) is 11.8 Å². The molecule has 1 aliphatic heterocycles. The number of carbonyl (C=O) groups is 1. The first kappa shape index (κ1) is 16.7. The fraction of sp³-hybridized carbons (Fsp3) is 0.562. The lowest BCUT2D eigenvalue weighted by Gasteiger charge is -2.34. The SMILES string of the molecule is CC1CC(C(=O)O)CN(CCCSc2ccccc2Cl)C1. The van der Waals surface area contributed by atoms with Gasteiger partial charge in [-0.1, -0.05) is 30.7 Å². The van der Waals surface area contributed by atoms with Crippen molar-refractivity contribution in [2.75, 3.05) is 25.4 Å². The maximum atomic E-state index is 11.2. The molecule has 1 aromatic rings. The molecule has 0 aromatic heterocycles. The summed E-state index contributed by atoms with van der Waals surface area (Å²) in [7, 11) is 0. The molecule has 0 bridgehead atoms. The third-order valence-corrected chi connectivity index (χ3v) is 5.40. The largest absolute Gasteiger partial charge is 0.481 e. The van der Waals surface area contributed by atoms with Crippen LogP contribution in [0.1, 0.15) is 19.8 Å². The number of rotatable bonds is 6. The van der Waals surface area contributed by atoms with Gasteiger partial charge in [-0.15, -0.1) is 11.8 Å². The molecule has 5 heteroatoms. The van der Waals surface area contributed by atoms with E-state index in [4.69, 9.17) is 11.6 Å². The molecule has 1 N–H and O–H groups in total. The van der Waals surface area contributed by atoms with Crippen LogP contribution in [-0.4, -0.2) is 41.4 Å². The topological polar surface area (TPSA) is 40.5 Å². The summed E-state index contributed by atoms with van der Waals surface area (Å²) < 4.78 is 0. The second-order valence-corrected chi connectivity index (χ2v) is 7.31. The molecule has 21 heavy (non-hydrogen) atoms. The summed E-state index contributed by atoms with van der Waals surface area (Å²) in [6.07, 6.45) is 1.86. The lowest BCUT2D eigenvalue weighted by Crippen LogP contribution is -2.42. The molecule has 0 spiro atoms. The lowest BCUT2D eigenvalue weighted by molar-refractivity contribution is -0.144. The predicted molar refractivity (Wildman–Crippen MR) is 88.1 cm³/mol. The van der Waals surface area contributed by atoms with Crippen LogP contribution in [0.25, 0.3) is 0 Å². The van der Waals surface area contributed by atoms with Crippen LogP contribution in [0.15, 0.2) is 29.2 Å². The van der Waals surface area contributed by atoms with Crippen LogP contribution in [0.4, 0.5) is 0 Å². The average Bonchev–Trinajstić information content (AvgIpc) is 2.44. The van der Waals surface area contributed by atoms with Gasteiger partial charge in [-0.3, -0.25) is 4.79 Å². The Labute approximate surface area is 135 Å². The van der Waals surface area contributed by atoms with Gasteiger partial charge >= 0.3 is 5.97 Å². The zero-order chi connectivity index (χ0) is 15.2. The fourth-order valence-electron chi connectivity index (χ4n) is 2.86.